The van der Waals surface area contributed by atoms with Crippen molar-refractivity contribution in [1.82, 2.24) is 0 Å². The summed E-state index contributed by atoms with van der Waals surface area (Å²) in [6, 6.07) is 50.5. The molecule has 1 heterocycles. The molecule has 8 aromatic carbocycles. The second-order valence-corrected chi connectivity index (χ2v) is 12.3. The predicted octanol–water partition coefficient (Wildman–Crippen LogP) is 12.6. The first-order valence-electron chi connectivity index (χ1n) is 16.2. The first kappa shape index (κ1) is 26.7. The van der Waals surface area contributed by atoms with Crippen molar-refractivity contribution < 1.29 is 4.74 Å². The van der Waals surface area contributed by atoms with Crippen LogP contribution in [0.4, 0.5) is 0 Å². The van der Waals surface area contributed by atoms with Crippen molar-refractivity contribution in [2.24, 2.45) is 0 Å². The van der Waals surface area contributed by atoms with Gasteiger partial charge in [-0.25, -0.2) is 0 Å². The Hall–Kier alpha value is -5.66. The summed E-state index contributed by atoms with van der Waals surface area (Å²) in [5.41, 5.74) is 8.78. The monoisotopic (exact) mass is 588 g/mol. The maximum Gasteiger partial charge on any atom is 0.135 e. The number of fused-ring (bicyclic) bond motifs is 2. The summed E-state index contributed by atoms with van der Waals surface area (Å²) in [5, 5.41) is 10.4. The van der Waals surface area contributed by atoms with Crippen molar-refractivity contribution in [1.29, 1.82) is 0 Å². The third kappa shape index (κ3) is 4.24. The van der Waals surface area contributed by atoms with Gasteiger partial charge < -0.3 is 4.74 Å². The second kappa shape index (κ2) is 10.8. The van der Waals surface area contributed by atoms with E-state index in [1.165, 1.54) is 76.5 Å². The highest BCUT2D eigenvalue weighted by molar-refractivity contribution is 6.23. The van der Waals surface area contributed by atoms with Gasteiger partial charge in [0.15, 0.2) is 0 Å². The van der Waals surface area contributed by atoms with E-state index in [9.17, 15) is 0 Å². The van der Waals surface area contributed by atoms with Crippen molar-refractivity contribution in [3.8, 4) is 22.6 Å². The van der Waals surface area contributed by atoms with Gasteiger partial charge in [-0.2, -0.15) is 0 Å². The largest absolute Gasteiger partial charge is 0.456 e. The van der Waals surface area contributed by atoms with Crippen LogP contribution in [0.25, 0.3) is 65.4 Å². The highest BCUT2D eigenvalue weighted by Gasteiger charge is 2.21. The van der Waals surface area contributed by atoms with E-state index in [0.29, 0.717) is 0 Å². The van der Waals surface area contributed by atoms with Crippen molar-refractivity contribution in [3.05, 3.63) is 168 Å². The minimum Gasteiger partial charge on any atom is -0.456 e. The molecule has 8 aromatic rings. The van der Waals surface area contributed by atoms with Gasteiger partial charge in [0.2, 0.25) is 0 Å². The topological polar surface area (TPSA) is 9.23 Å². The van der Waals surface area contributed by atoms with Crippen LogP contribution in [0.3, 0.4) is 0 Å². The number of benzene rings is 8. The van der Waals surface area contributed by atoms with Crippen molar-refractivity contribution >= 4 is 54.2 Å². The van der Waals surface area contributed by atoms with Crippen LogP contribution in [0.15, 0.2) is 152 Å². The maximum absolute atomic E-state index is 6.40. The Bertz CT molecular complexity index is 2480. The quantitative estimate of drug-likeness (QED) is 0.139. The molecule has 1 aliphatic rings. The van der Waals surface area contributed by atoms with E-state index in [4.69, 9.17) is 4.74 Å². The number of allylic oxidation sites excluding steroid dienone is 4. The molecule has 0 unspecified atom stereocenters. The van der Waals surface area contributed by atoms with Crippen LogP contribution in [0.2, 0.25) is 0 Å². The summed E-state index contributed by atoms with van der Waals surface area (Å²) >= 11 is 0. The predicted molar refractivity (Wildman–Crippen MR) is 196 cm³/mol. The SMILES string of the molecule is CC/C(=C\C(=C/Cc1ccc2ccc3cccc4ccc1c2c34)c1ccccc1)c1ccc2c3c(cccc13)-c1ccccc1O2. The minimum absolute atomic E-state index is 0.848. The average molecular weight is 589 g/mol. The van der Waals surface area contributed by atoms with Crippen LogP contribution >= 0.6 is 0 Å². The Kier molecular flexibility index (Phi) is 6.24. The van der Waals surface area contributed by atoms with Crippen LogP contribution in [0.1, 0.15) is 30.0 Å². The van der Waals surface area contributed by atoms with Gasteiger partial charge in [0.25, 0.3) is 0 Å². The molecule has 0 amide bonds. The van der Waals surface area contributed by atoms with E-state index in [-0.39, 0.29) is 0 Å². The third-order valence-electron chi connectivity index (χ3n) is 9.72. The fourth-order valence-electron chi connectivity index (χ4n) is 7.50. The lowest BCUT2D eigenvalue weighted by Gasteiger charge is -2.23. The first-order chi connectivity index (χ1) is 22.8. The van der Waals surface area contributed by atoms with Crippen molar-refractivity contribution in [2.45, 2.75) is 19.8 Å². The highest BCUT2D eigenvalue weighted by Crippen LogP contribution is 2.48. The van der Waals surface area contributed by atoms with Crippen LogP contribution in [-0.2, 0) is 6.42 Å². The molecule has 9 rings (SSSR count). The molecular formula is C45H32O. The van der Waals surface area contributed by atoms with Crippen LogP contribution in [-0.4, -0.2) is 0 Å². The fourth-order valence-corrected chi connectivity index (χ4v) is 7.50. The summed E-state index contributed by atoms with van der Waals surface area (Å²) in [7, 11) is 0. The number of hydrogen-bond acceptors (Lipinski definition) is 1. The molecule has 0 bridgehead atoms. The van der Waals surface area contributed by atoms with Gasteiger partial charge >= 0.3 is 0 Å². The second-order valence-electron chi connectivity index (χ2n) is 12.3. The smallest absolute Gasteiger partial charge is 0.135 e. The zero-order chi connectivity index (χ0) is 30.6. The Morgan fingerprint density at radius 3 is 2.11 bits per heavy atom. The molecule has 0 spiro atoms. The van der Waals surface area contributed by atoms with Gasteiger partial charge in [-0.1, -0.05) is 146 Å². The van der Waals surface area contributed by atoms with Crippen molar-refractivity contribution in [3.63, 3.8) is 0 Å². The van der Waals surface area contributed by atoms with E-state index in [1.54, 1.807) is 0 Å². The van der Waals surface area contributed by atoms with Crippen molar-refractivity contribution in [2.75, 3.05) is 0 Å². The maximum atomic E-state index is 6.40. The van der Waals surface area contributed by atoms with Gasteiger partial charge in [-0.3, -0.25) is 0 Å². The summed E-state index contributed by atoms with van der Waals surface area (Å²) < 4.78 is 6.40. The van der Waals surface area contributed by atoms with Gasteiger partial charge in [-0.15, -0.1) is 0 Å². The lowest BCUT2D eigenvalue weighted by atomic mass is 9.88. The molecule has 0 aromatic heterocycles. The Morgan fingerprint density at radius 1 is 0.543 bits per heavy atom. The molecular weight excluding hydrogens is 556 g/mol. The van der Waals surface area contributed by atoms with Gasteiger partial charge in [0.05, 0.1) is 0 Å². The molecule has 1 aliphatic heterocycles. The summed E-state index contributed by atoms with van der Waals surface area (Å²) in [6.45, 7) is 2.26. The molecule has 0 saturated heterocycles. The summed E-state index contributed by atoms with van der Waals surface area (Å²) in [4.78, 5) is 0. The van der Waals surface area contributed by atoms with Crippen LogP contribution < -0.4 is 4.74 Å². The Morgan fingerprint density at radius 2 is 1.26 bits per heavy atom. The normalized spacial score (nSPS) is 13.1. The van der Waals surface area contributed by atoms with Gasteiger partial charge in [0.1, 0.15) is 11.5 Å². The Balaban J connectivity index is 1.19. The minimum atomic E-state index is 0.848. The Labute approximate surface area is 269 Å². The summed E-state index contributed by atoms with van der Waals surface area (Å²) in [5.74, 6) is 1.85. The molecule has 1 heteroatoms. The molecule has 0 N–H and O–H groups in total. The third-order valence-corrected chi connectivity index (χ3v) is 9.72. The highest BCUT2D eigenvalue weighted by atomic mass is 16.5. The van der Waals surface area contributed by atoms with Gasteiger partial charge in [0, 0.05) is 10.9 Å². The average Bonchev–Trinajstić information content (AvgIpc) is 3.12. The molecule has 0 atom stereocenters. The van der Waals surface area contributed by atoms with Gasteiger partial charge in [-0.05, 0) is 96.1 Å². The molecule has 1 nitrogen and oxygen atoms in total. The van der Waals surface area contributed by atoms with E-state index < -0.39 is 0 Å². The zero-order valence-corrected chi connectivity index (χ0v) is 25.8. The zero-order valence-electron chi connectivity index (χ0n) is 25.8. The molecule has 0 aliphatic carbocycles. The van der Waals surface area contributed by atoms with Crippen LogP contribution in [0.5, 0.6) is 11.5 Å². The lowest BCUT2D eigenvalue weighted by Crippen LogP contribution is -1.98. The van der Waals surface area contributed by atoms with E-state index >= 15 is 0 Å². The van der Waals surface area contributed by atoms with E-state index in [2.05, 4.69) is 153 Å². The molecule has 46 heavy (non-hydrogen) atoms. The number of rotatable bonds is 6. The number of ether oxygens (including phenoxy) is 1. The molecule has 0 radical (unpaired) electrons. The van der Waals surface area contributed by atoms with Crippen LogP contribution in [0, 0.1) is 0 Å². The van der Waals surface area contributed by atoms with E-state index in [1.807, 2.05) is 6.07 Å². The summed E-state index contributed by atoms with van der Waals surface area (Å²) in [6.07, 6.45) is 6.59. The van der Waals surface area contributed by atoms with E-state index in [0.717, 1.165) is 29.9 Å². The molecule has 0 saturated carbocycles. The lowest BCUT2D eigenvalue weighted by molar-refractivity contribution is 0.487. The molecule has 218 valence electrons. The fraction of sp³-hybridized carbons (Fsp3) is 0.0667. The standard InChI is InChI=1S/C45H32O/c1-2-29(36-26-27-42-45-39(36)15-9-16-40(45)38-14-6-7-17-41(38)46-42)28-35(30-10-4-3-5-11-30)23-19-31-18-20-34-22-21-32-12-8-13-33-24-25-37(31)44(34)43(32)33/h3-18,20-28H,2,19H2,1H3/b29-28+,35-23+. The first-order valence-corrected chi connectivity index (χ1v) is 16.2. The molecule has 0 fully saturated rings. The number of para-hydroxylation sites is 1. The number of hydrogen-bond donors (Lipinski definition) is 0.